The predicted octanol–water partition coefficient (Wildman–Crippen LogP) is 2.46. The summed E-state index contributed by atoms with van der Waals surface area (Å²) in [5.74, 6) is 1.94. The van der Waals surface area contributed by atoms with Crippen molar-refractivity contribution in [3.05, 3.63) is 28.0 Å². The number of fused-ring (bicyclic) bond motifs is 2. The first-order chi connectivity index (χ1) is 11.7. The molecule has 3 aromatic rings. The number of benzene rings is 1. The van der Waals surface area contributed by atoms with Crippen LogP contribution in [0.5, 0.6) is 11.5 Å². The molecule has 24 heavy (non-hydrogen) atoms. The van der Waals surface area contributed by atoms with Crippen molar-refractivity contribution in [3.63, 3.8) is 0 Å². The molecule has 0 spiro atoms. The zero-order valence-electron chi connectivity index (χ0n) is 12.5. The van der Waals surface area contributed by atoms with Crippen molar-refractivity contribution in [2.45, 2.75) is 16.6 Å². The van der Waals surface area contributed by atoms with Crippen molar-refractivity contribution in [3.8, 4) is 11.5 Å². The van der Waals surface area contributed by atoms with Gasteiger partial charge in [0.1, 0.15) is 5.52 Å². The molecule has 0 aliphatic carbocycles. The van der Waals surface area contributed by atoms with E-state index in [0.717, 1.165) is 30.6 Å². The SMILES string of the molecule is NCCn1c(Sc2cc3c(cc2I)OCO3)nc2c(N)nccc21. The van der Waals surface area contributed by atoms with Gasteiger partial charge in [0, 0.05) is 27.8 Å². The minimum absolute atomic E-state index is 0.257. The van der Waals surface area contributed by atoms with Gasteiger partial charge in [0.05, 0.1) is 5.52 Å². The molecule has 1 aromatic carbocycles. The van der Waals surface area contributed by atoms with E-state index in [-0.39, 0.29) is 6.79 Å². The van der Waals surface area contributed by atoms with Gasteiger partial charge in [-0.3, -0.25) is 0 Å². The van der Waals surface area contributed by atoms with Crippen LogP contribution in [0.3, 0.4) is 0 Å². The minimum atomic E-state index is 0.257. The Hall–Kier alpha value is -1.72. The number of ether oxygens (including phenoxy) is 2. The Bertz CT molecular complexity index is 930. The number of nitrogen functional groups attached to an aromatic ring is 1. The normalized spacial score (nSPS) is 12.9. The maximum Gasteiger partial charge on any atom is 0.231 e. The Morgan fingerprint density at radius 3 is 2.88 bits per heavy atom. The lowest BCUT2D eigenvalue weighted by atomic mass is 10.3. The number of hydrogen-bond donors (Lipinski definition) is 2. The van der Waals surface area contributed by atoms with E-state index in [9.17, 15) is 0 Å². The topological polar surface area (TPSA) is 101 Å². The predicted molar refractivity (Wildman–Crippen MR) is 100 cm³/mol. The van der Waals surface area contributed by atoms with Gasteiger partial charge in [0.2, 0.25) is 6.79 Å². The van der Waals surface area contributed by atoms with Gasteiger partial charge in [-0.2, -0.15) is 0 Å². The number of halogens is 1. The second kappa shape index (κ2) is 6.30. The summed E-state index contributed by atoms with van der Waals surface area (Å²) in [5.41, 5.74) is 13.4. The Morgan fingerprint density at radius 2 is 2.08 bits per heavy atom. The molecule has 2 aromatic heterocycles. The molecule has 3 heterocycles. The number of imidazole rings is 1. The molecule has 0 fully saturated rings. The zero-order valence-corrected chi connectivity index (χ0v) is 15.5. The van der Waals surface area contributed by atoms with E-state index in [1.54, 1.807) is 18.0 Å². The van der Waals surface area contributed by atoms with Crippen molar-refractivity contribution >= 4 is 51.2 Å². The van der Waals surface area contributed by atoms with Gasteiger partial charge in [-0.05, 0) is 40.8 Å². The van der Waals surface area contributed by atoms with Crippen LogP contribution in [0.25, 0.3) is 11.0 Å². The summed E-state index contributed by atoms with van der Waals surface area (Å²) < 4.78 is 14.0. The zero-order chi connectivity index (χ0) is 16.7. The highest BCUT2D eigenvalue weighted by atomic mass is 127. The number of nitrogens with two attached hydrogens (primary N) is 2. The third kappa shape index (κ3) is 2.66. The highest BCUT2D eigenvalue weighted by Gasteiger charge is 2.20. The maximum absolute atomic E-state index is 5.97. The Balaban J connectivity index is 1.80. The van der Waals surface area contributed by atoms with Crippen molar-refractivity contribution in [2.75, 3.05) is 19.1 Å². The first-order valence-electron chi connectivity index (χ1n) is 7.25. The third-order valence-corrected chi connectivity index (χ3v) is 5.95. The van der Waals surface area contributed by atoms with Crippen LogP contribution in [0.2, 0.25) is 0 Å². The number of nitrogens with zero attached hydrogens (tertiary/aromatic N) is 3. The highest BCUT2D eigenvalue weighted by molar-refractivity contribution is 14.1. The molecule has 0 bridgehead atoms. The molecule has 0 unspecified atom stereocenters. The van der Waals surface area contributed by atoms with E-state index < -0.39 is 0 Å². The van der Waals surface area contributed by atoms with Gasteiger partial charge in [0.25, 0.3) is 0 Å². The van der Waals surface area contributed by atoms with Gasteiger partial charge >= 0.3 is 0 Å². The van der Waals surface area contributed by atoms with Crippen molar-refractivity contribution < 1.29 is 9.47 Å². The van der Waals surface area contributed by atoms with Crippen LogP contribution in [0.15, 0.2) is 34.4 Å². The smallest absolute Gasteiger partial charge is 0.231 e. The van der Waals surface area contributed by atoms with Gasteiger partial charge in [0.15, 0.2) is 22.5 Å². The first kappa shape index (κ1) is 15.8. The van der Waals surface area contributed by atoms with E-state index in [4.69, 9.17) is 20.9 Å². The fourth-order valence-electron chi connectivity index (χ4n) is 2.55. The van der Waals surface area contributed by atoms with Crippen LogP contribution in [0, 0.1) is 3.57 Å². The van der Waals surface area contributed by atoms with Gasteiger partial charge < -0.3 is 25.5 Å². The molecule has 124 valence electrons. The molecular formula is C15H14IN5O2S. The van der Waals surface area contributed by atoms with Crippen LogP contribution in [0.1, 0.15) is 0 Å². The first-order valence-corrected chi connectivity index (χ1v) is 9.14. The second-order valence-corrected chi connectivity index (χ2v) is 7.31. The van der Waals surface area contributed by atoms with Gasteiger partial charge in [-0.25, -0.2) is 9.97 Å². The molecule has 0 saturated heterocycles. The molecule has 7 nitrogen and oxygen atoms in total. The number of aromatic nitrogens is 3. The summed E-state index contributed by atoms with van der Waals surface area (Å²) in [6.07, 6.45) is 1.69. The molecule has 1 aliphatic heterocycles. The molecule has 0 amide bonds. The van der Waals surface area contributed by atoms with Crippen LogP contribution < -0.4 is 20.9 Å². The van der Waals surface area contributed by atoms with Crippen molar-refractivity contribution in [1.82, 2.24) is 14.5 Å². The largest absolute Gasteiger partial charge is 0.454 e. The quantitative estimate of drug-likeness (QED) is 0.583. The lowest BCUT2D eigenvalue weighted by Crippen LogP contribution is -2.10. The van der Waals surface area contributed by atoms with Crippen molar-refractivity contribution in [1.29, 1.82) is 0 Å². The van der Waals surface area contributed by atoms with E-state index >= 15 is 0 Å². The molecule has 0 saturated carbocycles. The van der Waals surface area contributed by atoms with Crippen LogP contribution >= 0.6 is 34.4 Å². The maximum atomic E-state index is 5.97. The average Bonchev–Trinajstić information content (AvgIpc) is 3.14. The van der Waals surface area contributed by atoms with E-state index in [2.05, 4.69) is 37.1 Å². The van der Waals surface area contributed by atoms with Crippen LogP contribution in [0.4, 0.5) is 5.82 Å². The lowest BCUT2D eigenvalue weighted by Gasteiger charge is -2.09. The standard InChI is InChI=1S/C15H14IN5O2S/c16-8-5-10-11(23-7-22-10)6-12(8)24-15-20-13-9(21(15)4-2-17)1-3-19-14(13)18/h1,3,5-6H,2,4,7,17H2,(H2,18,19). The minimum Gasteiger partial charge on any atom is -0.454 e. The third-order valence-electron chi connectivity index (χ3n) is 3.64. The summed E-state index contributed by atoms with van der Waals surface area (Å²) in [5, 5.41) is 0.826. The fraction of sp³-hybridized carbons (Fsp3) is 0.200. The van der Waals surface area contributed by atoms with Gasteiger partial charge in [-0.1, -0.05) is 11.8 Å². The number of hydrogen-bond acceptors (Lipinski definition) is 7. The summed E-state index contributed by atoms with van der Waals surface area (Å²) in [4.78, 5) is 9.83. The average molecular weight is 455 g/mol. The van der Waals surface area contributed by atoms with Crippen molar-refractivity contribution in [2.24, 2.45) is 5.73 Å². The number of anilines is 1. The fourth-order valence-corrected chi connectivity index (χ4v) is 4.27. The molecule has 1 aliphatic rings. The van der Waals surface area contributed by atoms with E-state index in [1.807, 2.05) is 18.2 Å². The number of pyridine rings is 1. The molecule has 9 heteroatoms. The summed E-state index contributed by atoms with van der Waals surface area (Å²) >= 11 is 3.83. The van der Waals surface area contributed by atoms with Crippen LogP contribution in [-0.2, 0) is 6.54 Å². The number of rotatable bonds is 4. The molecule has 4 N–H and O–H groups in total. The van der Waals surface area contributed by atoms with E-state index in [1.165, 1.54) is 0 Å². The Morgan fingerprint density at radius 1 is 1.29 bits per heavy atom. The molecule has 0 atom stereocenters. The van der Waals surface area contributed by atoms with E-state index in [0.29, 0.717) is 24.4 Å². The summed E-state index contributed by atoms with van der Waals surface area (Å²) in [6.45, 7) is 1.43. The monoisotopic (exact) mass is 455 g/mol. The molecule has 0 radical (unpaired) electrons. The Kier molecular flexibility index (Phi) is 4.14. The van der Waals surface area contributed by atoms with Crippen LogP contribution in [-0.4, -0.2) is 27.9 Å². The van der Waals surface area contributed by atoms with Gasteiger partial charge in [-0.15, -0.1) is 0 Å². The highest BCUT2D eigenvalue weighted by Crippen LogP contribution is 2.41. The molecule has 4 rings (SSSR count). The summed E-state index contributed by atoms with van der Waals surface area (Å²) in [7, 11) is 0. The summed E-state index contributed by atoms with van der Waals surface area (Å²) in [6, 6.07) is 5.85. The Labute approximate surface area is 155 Å². The molecular weight excluding hydrogens is 441 g/mol. The second-order valence-electron chi connectivity index (χ2n) is 5.14. The lowest BCUT2D eigenvalue weighted by molar-refractivity contribution is 0.174.